The molecule has 0 N–H and O–H groups in total. The number of halogens is 2. The van der Waals surface area contributed by atoms with Crippen LogP contribution in [0.2, 0.25) is 0 Å². The maximum Gasteiger partial charge on any atom is 1.00 e. The monoisotopic (exact) mass is 984 g/mol. The van der Waals surface area contributed by atoms with Crippen molar-refractivity contribution in [1.29, 1.82) is 0 Å². The molecule has 2 fully saturated rings. The van der Waals surface area contributed by atoms with Gasteiger partial charge in [-0.1, -0.05) is 13.0 Å². The van der Waals surface area contributed by atoms with E-state index in [0.29, 0.717) is 37.5 Å². The Kier molecular flexibility index (Phi) is 19.8. The summed E-state index contributed by atoms with van der Waals surface area (Å²) in [5.74, 6) is -1.68. The summed E-state index contributed by atoms with van der Waals surface area (Å²) in [6, 6.07) is 18.3. The summed E-state index contributed by atoms with van der Waals surface area (Å²) in [6.07, 6.45) is 1.06. The zero-order chi connectivity index (χ0) is 47.0. The number of anilines is 2. The third kappa shape index (κ3) is 14.2. The smallest absolute Gasteiger partial charge is 0.790 e. The van der Waals surface area contributed by atoms with Crippen molar-refractivity contribution in [3.8, 4) is 11.4 Å². The van der Waals surface area contributed by atoms with Crippen LogP contribution >= 0.6 is 7.82 Å². The molecule has 0 spiro atoms. The van der Waals surface area contributed by atoms with Crippen molar-refractivity contribution in [2.75, 3.05) is 55.8 Å². The maximum atomic E-state index is 15.0. The zero-order valence-electron chi connectivity index (χ0n) is 38.4. The van der Waals surface area contributed by atoms with E-state index < -0.39 is 74.3 Å². The van der Waals surface area contributed by atoms with Crippen LogP contribution in [0.25, 0.3) is 5.69 Å². The summed E-state index contributed by atoms with van der Waals surface area (Å²) in [5, 5.41) is 8.46. The average Bonchev–Trinajstić information content (AvgIpc) is 4.04. The van der Waals surface area contributed by atoms with Crippen molar-refractivity contribution in [1.82, 2.24) is 29.1 Å². The molecule has 0 saturated carbocycles. The summed E-state index contributed by atoms with van der Waals surface area (Å²) in [5.41, 5.74) is 1.38. The van der Waals surface area contributed by atoms with Crippen LogP contribution in [0.15, 0.2) is 90.5 Å². The molecule has 0 radical (unpaired) electrons. The normalized spacial score (nSPS) is 18.4. The quantitative estimate of drug-likeness (QED) is 0.0372. The van der Waals surface area contributed by atoms with Crippen molar-refractivity contribution in [3.05, 3.63) is 113 Å². The van der Waals surface area contributed by atoms with Crippen LogP contribution in [0.1, 0.15) is 51.6 Å². The molecule has 2 aromatic heterocycles. The third-order valence-corrected chi connectivity index (χ3v) is 11.8. The summed E-state index contributed by atoms with van der Waals surface area (Å²) < 4.78 is 75.1. The molecular formula is C43H49F2N8Na2O12P. The predicted molar refractivity (Wildman–Crippen MR) is 226 cm³/mol. The van der Waals surface area contributed by atoms with E-state index >= 15 is 4.39 Å². The number of piperazine rings is 1. The number of hydrogen-bond acceptors (Lipinski definition) is 17. The van der Waals surface area contributed by atoms with Crippen LogP contribution in [-0.4, -0.2) is 99.6 Å². The molecule has 7 rings (SSSR count). The van der Waals surface area contributed by atoms with Crippen LogP contribution < -0.4 is 89.1 Å². The molecule has 0 aliphatic carbocycles. The zero-order valence-corrected chi connectivity index (χ0v) is 43.2. The molecule has 2 unspecified atom stereocenters. The first-order valence-electron chi connectivity index (χ1n) is 21.2. The van der Waals surface area contributed by atoms with Crippen LogP contribution in [0, 0.1) is 17.6 Å². The fraction of sp³-hybridized carbons (Fsp3) is 0.442. The maximum absolute atomic E-state index is 15.0. The van der Waals surface area contributed by atoms with E-state index in [1.807, 2.05) is 48.5 Å². The van der Waals surface area contributed by atoms with Gasteiger partial charge in [0.05, 0.1) is 52.3 Å². The molecule has 68 heavy (non-hydrogen) atoms. The van der Waals surface area contributed by atoms with Crippen molar-refractivity contribution < 1.29 is 120 Å². The second-order valence-electron chi connectivity index (χ2n) is 15.9. The van der Waals surface area contributed by atoms with E-state index in [9.17, 15) is 33.1 Å². The number of nitrogens with zero attached hydrogens (tertiary/aromatic N) is 8. The van der Waals surface area contributed by atoms with E-state index in [4.69, 9.17) is 23.7 Å². The summed E-state index contributed by atoms with van der Waals surface area (Å²) in [6.45, 7) is 7.80. The first kappa shape index (κ1) is 54.7. The second kappa shape index (κ2) is 24.6. The van der Waals surface area contributed by atoms with Gasteiger partial charge in [-0.25, -0.2) is 37.3 Å². The molecule has 0 bridgehead atoms. The number of carbonyl (C=O) groups is 2. The number of hydrogen-bond donors (Lipinski definition) is 0. The Morgan fingerprint density at radius 1 is 0.897 bits per heavy atom. The summed E-state index contributed by atoms with van der Waals surface area (Å²) in [7, 11) is -5.25. The van der Waals surface area contributed by atoms with E-state index in [1.165, 1.54) is 47.3 Å². The van der Waals surface area contributed by atoms with E-state index in [0.717, 1.165) is 43.6 Å². The standard InChI is InChI=1S/C43H51F2N8O12P.2Na/c1-4-39(29(2)63-42(56)65-30(3)64-40(54)15-20-62-66(57,58)59)53-41(55)52(28-48-53)35-8-6-33(7-9-35)49-16-18-50(19-17-49)34-10-12-36(13-11-34)60-23-31-22-43(61-24-31,25-51-27-46-26-47-51)37-14-5-32(44)21-38(37)45;;/h5-14,21,26-31,39H,4,15-20,22-25H2,1-3H3,(H2,57,58,59);;/q;2*+1/p-2/t29?,30?,31-,39+,43+;;/m1../s1. The van der Waals surface area contributed by atoms with Crippen molar-refractivity contribution >= 4 is 31.3 Å². The minimum absolute atomic E-state index is 0. The molecule has 3 aromatic carbocycles. The number of rotatable bonds is 19. The molecule has 2 saturated heterocycles. The van der Waals surface area contributed by atoms with E-state index in [-0.39, 0.29) is 77.1 Å². The van der Waals surface area contributed by atoms with Crippen molar-refractivity contribution in [3.63, 3.8) is 0 Å². The van der Waals surface area contributed by atoms with Gasteiger partial charge in [0.15, 0.2) is 0 Å². The summed E-state index contributed by atoms with van der Waals surface area (Å²) in [4.78, 5) is 67.4. The fourth-order valence-corrected chi connectivity index (χ4v) is 8.44. The Bertz CT molecular complexity index is 2530. The number of benzene rings is 3. The molecule has 5 atom stereocenters. The molecular weight excluding hydrogens is 935 g/mol. The van der Waals surface area contributed by atoms with Crippen LogP contribution in [0.4, 0.5) is 25.0 Å². The number of esters is 1. The van der Waals surface area contributed by atoms with Gasteiger partial charge in [-0.3, -0.25) is 4.79 Å². The molecule has 20 nitrogen and oxygen atoms in total. The van der Waals surface area contributed by atoms with Crippen molar-refractivity contribution in [2.45, 2.75) is 70.6 Å². The molecule has 2 aliphatic heterocycles. The van der Waals surface area contributed by atoms with Crippen LogP contribution in [0.5, 0.6) is 5.75 Å². The van der Waals surface area contributed by atoms with Gasteiger partial charge in [-0.15, -0.1) is 0 Å². The fourth-order valence-electron chi connectivity index (χ4n) is 8.13. The van der Waals surface area contributed by atoms with Gasteiger partial charge in [0.1, 0.15) is 48.1 Å². The Balaban J connectivity index is 0.00000432. The largest absolute Gasteiger partial charge is 1.00 e. The molecule has 5 aromatic rings. The number of phosphoric ester groups is 1. The molecule has 2 aliphatic rings. The Labute approximate surface area is 434 Å². The number of carbonyl (C=O) groups excluding carboxylic acids is 2. The predicted octanol–water partition coefficient (Wildman–Crippen LogP) is -2.13. The average molecular weight is 985 g/mol. The minimum atomic E-state index is -5.25. The van der Waals surface area contributed by atoms with Crippen LogP contribution in [0.3, 0.4) is 0 Å². The van der Waals surface area contributed by atoms with E-state index in [2.05, 4.69) is 29.5 Å². The molecule has 25 heteroatoms. The van der Waals surface area contributed by atoms with Crippen molar-refractivity contribution in [2.24, 2.45) is 5.92 Å². The number of aromatic nitrogens is 6. The van der Waals surface area contributed by atoms with Gasteiger partial charge in [0, 0.05) is 62.0 Å². The topological polar surface area (TPSA) is 230 Å². The van der Waals surface area contributed by atoms with Gasteiger partial charge in [0.25, 0.3) is 0 Å². The van der Waals surface area contributed by atoms with Gasteiger partial charge >= 0.3 is 76.9 Å². The third-order valence-electron chi connectivity index (χ3n) is 11.3. The first-order chi connectivity index (χ1) is 31.6. The SMILES string of the molecule is CC[C@@H](C(C)OC(=O)OC(C)OC(=O)CCOP(=O)([O-])[O-])n1ncn(-c2ccc(N3CCN(c4ccc(OC[C@@H]5CO[C@@](Cn6cncn6)(c6ccc(F)cc6F)C5)cc4)CC3)cc2)c1=O.[Na+].[Na+]. The number of ether oxygens (including phenoxy) is 5. The summed E-state index contributed by atoms with van der Waals surface area (Å²) >= 11 is 0. The Hall–Kier alpha value is -4.19. The molecule has 4 heterocycles. The Morgan fingerprint density at radius 3 is 2.15 bits per heavy atom. The van der Waals surface area contributed by atoms with Gasteiger partial charge in [-0.2, -0.15) is 10.2 Å². The molecule has 354 valence electrons. The minimum Gasteiger partial charge on any atom is -0.790 e. The van der Waals surface area contributed by atoms with Gasteiger partial charge in [0.2, 0.25) is 6.29 Å². The Morgan fingerprint density at radius 2 is 1.54 bits per heavy atom. The second-order valence-corrected chi connectivity index (χ2v) is 17.0. The first-order valence-corrected chi connectivity index (χ1v) is 22.7. The van der Waals surface area contributed by atoms with E-state index in [1.54, 1.807) is 18.5 Å². The van der Waals surface area contributed by atoms with Gasteiger partial charge < -0.3 is 52.4 Å². The van der Waals surface area contributed by atoms with Crippen LogP contribution in [-0.2, 0) is 45.0 Å². The molecule has 0 amide bonds. The number of phosphoric acid groups is 1. The van der Waals surface area contributed by atoms with Gasteiger partial charge in [-0.05, 0) is 74.4 Å².